The van der Waals surface area contributed by atoms with Gasteiger partial charge in [-0.05, 0) is 103 Å². The molecule has 76 heavy (non-hydrogen) atoms. The number of unbranched alkanes of at least 4 members (excludes halogenated alkanes) is 31. The minimum atomic E-state index is -0.780. The number of hydrogen-bond donors (Lipinski definition) is 0. The van der Waals surface area contributed by atoms with Crippen molar-refractivity contribution >= 4 is 17.9 Å². The van der Waals surface area contributed by atoms with Crippen molar-refractivity contribution in [3.05, 3.63) is 97.2 Å². The molecule has 0 aromatic rings. The third-order valence-corrected chi connectivity index (χ3v) is 13.8. The van der Waals surface area contributed by atoms with Crippen LogP contribution >= 0.6 is 0 Å². The molecule has 0 aliphatic carbocycles. The molecule has 0 aromatic heterocycles. The van der Waals surface area contributed by atoms with Crippen LogP contribution in [0, 0.1) is 0 Å². The van der Waals surface area contributed by atoms with Gasteiger partial charge in [0.1, 0.15) is 13.2 Å². The van der Waals surface area contributed by atoms with Gasteiger partial charge in [0.15, 0.2) is 6.10 Å². The SMILES string of the molecule is CC/C=C\C/C=C\C/C=C\C/C=C\C/C=C\C/C=C\C/C=C\CCCCCCCCCCCCCC(=O)OCC(COC(=O)CCCCCCCCCCCCCC)OC(=O)CCCCCCC/C=C\CCCCCC. The first-order valence-corrected chi connectivity index (χ1v) is 32.2. The van der Waals surface area contributed by atoms with Crippen molar-refractivity contribution in [2.45, 2.75) is 316 Å². The molecule has 1 unspecified atom stereocenters. The second-order valence-corrected chi connectivity index (χ2v) is 21.3. The van der Waals surface area contributed by atoms with Gasteiger partial charge in [0.05, 0.1) is 0 Å². The lowest BCUT2D eigenvalue weighted by Crippen LogP contribution is -2.30. The van der Waals surface area contributed by atoms with Crippen molar-refractivity contribution in [3.63, 3.8) is 0 Å². The maximum Gasteiger partial charge on any atom is 0.306 e. The van der Waals surface area contributed by atoms with Crippen LogP contribution in [0.5, 0.6) is 0 Å². The molecule has 0 aliphatic rings. The van der Waals surface area contributed by atoms with Gasteiger partial charge in [0.25, 0.3) is 0 Å². The lowest BCUT2D eigenvalue weighted by Gasteiger charge is -2.18. The summed E-state index contributed by atoms with van der Waals surface area (Å²) < 4.78 is 16.9. The molecule has 0 fully saturated rings. The number of carbonyl (C=O) groups excluding carboxylic acids is 3. The first kappa shape index (κ1) is 72.3. The highest BCUT2D eigenvalue weighted by molar-refractivity contribution is 5.71. The predicted octanol–water partition coefficient (Wildman–Crippen LogP) is 22.0. The number of allylic oxidation sites excluding steroid dienone is 16. The van der Waals surface area contributed by atoms with E-state index in [1.807, 2.05) is 0 Å². The van der Waals surface area contributed by atoms with Crippen LogP contribution < -0.4 is 0 Å². The summed E-state index contributed by atoms with van der Waals surface area (Å²) in [5.74, 6) is -0.880. The number of rotatable bonds is 58. The van der Waals surface area contributed by atoms with Gasteiger partial charge in [-0.3, -0.25) is 14.4 Å². The quantitative estimate of drug-likeness (QED) is 0.0261. The molecule has 0 N–H and O–H groups in total. The average molecular weight is 1060 g/mol. The minimum Gasteiger partial charge on any atom is -0.462 e. The lowest BCUT2D eigenvalue weighted by atomic mass is 10.0. The Labute approximate surface area is 470 Å². The summed E-state index contributed by atoms with van der Waals surface area (Å²) in [4.78, 5) is 38.2. The summed E-state index contributed by atoms with van der Waals surface area (Å²) >= 11 is 0. The van der Waals surface area contributed by atoms with E-state index in [4.69, 9.17) is 14.2 Å². The van der Waals surface area contributed by atoms with E-state index in [9.17, 15) is 14.4 Å². The van der Waals surface area contributed by atoms with Crippen LogP contribution in [0.25, 0.3) is 0 Å². The second-order valence-electron chi connectivity index (χ2n) is 21.3. The normalized spacial score (nSPS) is 12.7. The monoisotopic (exact) mass is 1060 g/mol. The Morgan fingerprint density at radius 1 is 0.276 bits per heavy atom. The molecule has 0 amide bonds. The Bertz CT molecular complexity index is 1490. The maximum absolute atomic E-state index is 12.8. The molecular weight excluding hydrogens is 937 g/mol. The Balaban J connectivity index is 4.17. The van der Waals surface area contributed by atoms with Crippen LogP contribution in [0.3, 0.4) is 0 Å². The first-order valence-electron chi connectivity index (χ1n) is 32.2. The lowest BCUT2D eigenvalue weighted by molar-refractivity contribution is -0.167. The number of carbonyl (C=O) groups is 3. The van der Waals surface area contributed by atoms with Crippen LogP contribution in [0.15, 0.2) is 97.2 Å². The smallest absolute Gasteiger partial charge is 0.306 e. The Morgan fingerprint density at radius 2 is 0.513 bits per heavy atom. The molecule has 6 heteroatoms. The van der Waals surface area contributed by atoms with Gasteiger partial charge < -0.3 is 14.2 Å². The number of hydrogen-bond acceptors (Lipinski definition) is 6. The molecule has 0 aromatic carbocycles. The standard InChI is InChI=1S/C70H120O6/c1-4-7-10-13-16-19-22-25-26-27-28-29-30-31-32-33-34-35-36-37-38-39-40-41-42-43-44-46-48-51-54-57-60-63-69(72)75-66-67(65-74-68(71)62-59-56-53-50-47-24-21-18-15-12-9-6-3)76-70(73)64-61-58-55-52-49-45-23-20-17-14-11-8-5-2/h7,10,16,19-20,23,25-26,28-29,31-32,34-35,37-38,67H,4-6,8-9,11-15,17-18,21-22,24,27,30,33,36,39-66H2,1-3H3/b10-7-,19-16-,23-20-,26-25-,29-28-,32-31-,35-34-,38-37-. The third kappa shape index (κ3) is 61.2. The van der Waals surface area contributed by atoms with Crippen molar-refractivity contribution < 1.29 is 28.6 Å². The summed E-state index contributed by atoms with van der Waals surface area (Å²) in [5.41, 5.74) is 0. The van der Waals surface area contributed by atoms with Gasteiger partial charge in [-0.1, -0.05) is 285 Å². The van der Waals surface area contributed by atoms with Crippen molar-refractivity contribution in [1.82, 2.24) is 0 Å². The van der Waals surface area contributed by atoms with Crippen LogP contribution in [0.4, 0.5) is 0 Å². The van der Waals surface area contributed by atoms with Gasteiger partial charge in [-0.15, -0.1) is 0 Å². The van der Waals surface area contributed by atoms with Gasteiger partial charge in [0, 0.05) is 19.3 Å². The van der Waals surface area contributed by atoms with Crippen LogP contribution in [0.1, 0.15) is 310 Å². The Hall–Kier alpha value is -3.67. The fourth-order valence-corrected chi connectivity index (χ4v) is 9.01. The third-order valence-electron chi connectivity index (χ3n) is 13.8. The molecule has 0 rings (SSSR count). The zero-order valence-electron chi connectivity index (χ0n) is 50.0. The molecule has 0 heterocycles. The topological polar surface area (TPSA) is 78.9 Å². The van der Waals surface area contributed by atoms with E-state index < -0.39 is 6.10 Å². The highest BCUT2D eigenvalue weighted by atomic mass is 16.6. The average Bonchev–Trinajstić information content (AvgIpc) is 3.42. The predicted molar refractivity (Wildman–Crippen MR) is 330 cm³/mol. The molecular formula is C70H120O6. The number of ether oxygens (including phenoxy) is 3. The largest absolute Gasteiger partial charge is 0.462 e. The highest BCUT2D eigenvalue weighted by Gasteiger charge is 2.19. The van der Waals surface area contributed by atoms with Gasteiger partial charge >= 0.3 is 17.9 Å². The van der Waals surface area contributed by atoms with Gasteiger partial charge in [-0.2, -0.15) is 0 Å². The van der Waals surface area contributed by atoms with E-state index in [2.05, 4.69) is 118 Å². The summed E-state index contributed by atoms with van der Waals surface area (Å²) in [5, 5.41) is 0. The Kier molecular flexibility index (Phi) is 60.8. The fraction of sp³-hybridized carbons (Fsp3) is 0.729. The van der Waals surface area contributed by atoms with E-state index in [1.165, 1.54) is 154 Å². The van der Waals surface area contributed by atoms with E-state index in [1.54, 1.807) is 0 Å². The molecule has 0 spiro atoms. The van der Waals surface area contributed by atoms with Gasteiger partial charge in [0.2, 0.25) is 0 Å². The van der Waals surface area contributed by atoms with Crippen molar-refractivity contribution in [2.75, 3.05) is 13.2 Å². The van der Waals surface area contributed by atoms with Crippen molar-refractivity contribution in [2.24, 2.45) is 0 Å². The minimum absolute atomic E-state index is 0.0775. The summed E-state index contributed by atoms with van der Waals surface area (Å²) in [7, 11) is 0. The van der Waals surface area contributed by atoms with Crippen LogP contribution in [-0.4, -0.2) is 37.2 Å². The first-order chi connectivity index (χ1) is 37.5. The molecule has 436 valence electrons. The highest BCUT2D eigenvalue weighted by Crippen LogP contribution is 2.16. The van der Waals surface area contributed by atoms with Crippen molar-refractivity contribution in [3.8, 4) is 0 Å². The fourth-order valence-electron chi connectivity index (χ4n) is 9.01. The zero-order valence-corrected chi connectivity index (χ0v) is 50.0. The summed E-state index contributed by atoms with van der Waals surface area (Å²) in [6.07, 6.45) is 85.6. The molecule has 0 aliphatic heterocycles. The van der Waals surface area contributed by atoms with Crippen LogP contribution in [-0.2, 0) is 28.6 Å². The summed E-state index contributed by atoms with van der Waals surface area (Å²) in [6.45, 7) is 6.52. The molecule has 0 radical (unpaired) electrons. The van der Waals surface area contributed by atoms with E-state index in [0.717, 1.165) is 116 Å². The van der Waals surface area contributed by atoms with Crippen molar-refractivity contribution in [1.29, 1.82) is 0 Å². The summed E-state index contributed by atoms with van der Waals surface area (Å²) in [6, 6.07) is 0. The zero-order chi connectivity index (χ0) is 55.0. The Morgan fingerprint density at radius 3 is 0.829 bits per heavy atom. The van der Waals surface area contributed by atoms with Crippen LogP contribution in [0.2, 0.25) is 0 Å². The second kappa shape index (κ2) is 63.9. The van der Waals surface area contributed by atoms with E-state index in [-0.39, 0.29) is 31.1 Å². The molecule has 1 atom stereocenters. The molecule has 0 saturated heterocycles. The molecule has 6 nitrogen and oxygen atoms in total. The molecule has 0 saturated carbocycles. The maximum atomic E-state index is 12.8. The molecule has 0 bridgehead atoms. The number of esters is 3. The van der Waals surface area contributed by atoms with E-state index >= 15 is 0 Å². The van der Waals surface area contributed by atoms with E-state index in [0.29, 0.717) is 19.3 Å². The van der Waals surface area contributed by atoms with Gasteiger partial charge in [-0.25, -0.2) is 0 Å².